The van der Waals surface area contributed by atoms with Crippen LogP contribution in [0.4, 0.5) is 0 Å². The number of aryl methyl sites for hydroxylation is 1. The average molecular weight is 312 g/mol. The van der Waals surface area contributed by atoms with Crippen molar-refractivity contribution in [2.24, 2.45) is 12.8 Å². The summed E-state index contributed by atoms with van der Waals surface area (Å²) in [6.07, 6.45) is 11.3. The molecule has 1 aromatic heterocycles. The van der Waals surface area contributed by atoms with Crippen molar-refractivity contribution in [1.29, 1.82) is 0 Å². The van der Waals surface area contributed by atoms with E-state index in [0.29, 0.717) is 13.1 Å². The number of rotatable bonds is 6. The van der Waals surface area contributed by atoms with Crippen molar-refractivity contribution in [1.82, 2.24) is 9.47 Å². The van der Waals surface area contributed by atoms with Gasteiger partial charge in [-0.05, 0) is 23.8 Å². The molecule has 1 aliphatic rings. The van der Waals surface area contributed by atoms with Gasteiger partial charge in [0.2, 0.25) is 0 Å². The van der Waals surface area contributed by atoms with Gasteiger partial charge >= 0.3 is 0 Å². The lowest BCUT2D eigenvalue weighted by atomic mass is 9.84. The molecule has 1 aliphatic carbocycles. The van der Waals surface area contributed by atoms with Crippen LogP contribution in [0.3, 0.4) is 0 Å². The van der Waals surface area contributed by atoms with Gasteiger partial charge in [0, 0.05) is 32.5 Å². The van der Waals surface area contributed by atoms with E-state index in [1.54, 1.807) is 12.2 Å². The maximum atomic E-state index is 9.34. The number of nitrogens with zero attached hydrogens (tertiary/aromatic N) is 2. The number of hydrogen-bond donors (Lipinski definition) is 3. The number of aromatic nitrogens is 1. The molecule has 0 fully saturated rings. The van der Waals surface area contributed by atoms with Crippen LogP contribution >= 0.6 is 11.6 Å². The molecule has 0 saturated heterocycles. The maximum absolute atomic E-state index is 9.34. The van der Waals surface area contributed by atoms with E-state index in [9.17, 15) is 10.2 Å². The number of hydrogen-bond acceptors (Lipinski definition) is 4. The van der Waals surface area contributed by atoms with Crippen LogP contribution in [0.1, 0.15) is 5.56 Å². The van der Waals surface area contributed by atoms with E-state index in [1.165, 1.54) is 0 Å². The van der Waals surface area contributed by atoms with Crippen molar-refractivity contribution >= 4 is 11.6 Å². The van der Waals surface area contributed by atoms with Crippen LogP contribution in [0, 0.1) is 0 Å². The molecule has 0 radical (unpaired) electrons. The van der Waals surface area contributed by atoms with Crippen LogP contribution in [-0.4, -0.2) is 51.0 Å². The summed E-state index contributed by atoms with van der Waals surface area (Å²) in [5, 5.41) is 18.7. The quantitative estimate of drug-likeness (QED) is 0.407. The summed E-state index contributed by atoms with van der Waals surface area (Å²) in [4.78, 5) is 1.00. The van der Waals surface area contributed by atoms with Gasteiger partial charge in [-0.1, -0.05) is 23.8 Å². The summed E-state index contributed by atoms with van der Waals surface area (Å²) in [6.45, 7) is 0.879. The van der Waals surface area contributed by atoms with Crippen molar-refractivity contribution in [2.45, 2.75) is 10.5 Å². The topological polar surface area (TPSA) is 74.6 Å². The molecule has 4 N–H and O–H groups in total. The molecule has 1 heterocycles. The summed E-state index contributed by atoms with van der Waals surface area (Å²) in [5.74, 6) is 0. The fourth-order valence-corrected chi connectivity index (χ4v) is 2.80. The first-order valence-electron chi connectivity index (χ1n) is 6.91. The summed E-state index contributed by atoms with van der Waals surface area (Å²) < 4.78 is 1.96. The highest BCUT2D eigenvalue weighted by molar-refractivity contribution is 6.26. The molecule has 5 nitrogen and oxygen atoms in total. The second kappa shape index (κ2) is 6.34. The Morgan fingerprint density at radius 2 is 1.76 bits per heavy atom. The number of alkyl halides is 1. The van der Waals surface area contributed by atoms with E-state index < -0.39 is 10.5 Å². The van der Waals surface area contributed by atoms with Crippen LogP contribution in [0.2, 0.25) is 0 Å². The number of halogens is 1. The van der Waals surface area contributed by atoms with Gasteiger partial charge in [0.1, 0.15) is 5.00 Å². The number of aliphatic hydroxyl groups excluding tert-OH is 2. The summed E-state index contributed by atoms with van der Waals surface area (Å²) in [7, 11) is 1.95. The average Bonchev–Trinajstić information content (AvgIpc) is 2.86. The standard InChI is InChI=1S/C15H22ClN3O2/c1-18-7-2-13(12-18)14(19(8-10-20)9-11-21)3-5-15(16,17)6-4-14/h2-7,12,20-21H,8-11,17H2,1H3. The Morgan fingerprint density at radius 1 is 1.19 bits per heavy atom. The van der Waals surface area contributed by atoms with Gasteiger partial charge in [-0.25, -0.2) is 0 Å². The van der Waals surface area contributed by atoms with Crippen LogP contribution < -0.4 is 5.73 Å². The third kappa shape index (κ3) is 3.39. The Hall–Kier alpha value is -1.11. The van der Waals surface area contributed by atoms with Gasteiger partial charge in [0.25, 0.3) is 0 Å². The molecule has 0 spiro atoms. The zero-order chi connectivity index (χ0) is 15.5. The van der Waals surface area contributed by atoms with E-state index in [-0.39, 0.29) is 13.2 Å². The van der Waals surface area contributed by atoms with Crippen molar-refractivity contribution < 1.29 is 10.2 Å². The van der Waals surface area contributed by atoms with Gasteiger partial charge < -0.3 is 20.5 Å². The third-order valence-corrected chi connectivity index (χ3v) is 4.00. The fourth-order valence-electron chi connectivity index (χ4n) is 2.67. The molecule has 0 saturated carbocycles. The zero-order valence-corrected chi connectivity index (χ0v) is 12.9. The van der Waals surface area contributed by atoms with Crippen molar-refractivity contribution in [3.63, 3.8) is 0 Å². The Morgan fingerprint density at radius 3 is 2.19 bits per heavy atom. The normalized spacial score (nSPS) is 28.5. The molecule has 116 valence electrons. The second-order valence-corrected chi connectivity index (χ2v) is 5.97. The molecule has 6 heteroatoms. The van der Waals surface area contributed by atoms with E-state index in [2.05, 4.69) is 0 Å². The van der Waals surface area contributed by atoms with E-state index in [0.717, 1.165) is 5.56 Å². The van der Waals surface area contributed by atoms with E-state index in [1.807, 2.05) is 47.1 Å². The highest BCUT2D eigenvalue weighted by Gasteiger charge is 2.37. The molecule has 0 bridgehead atoms. The molecule has 0 unspecified atom stereocenters. The molecule has 0 aliphatic heterocycles. The van der Waals surface area contributed by atoms with Crippen LogP contribution in [0.5, 0.6) is 0 Å². The van der Waals surface area contributed by atoms with Gasteiger partial charge in [0.05, 0.1) is 18.8 Å². The lowest BCUT2D eigenvalue weighted by Crippen LogP contribution is -2.48. The molecule has 0 amide bonds. The molecular weight excluding hydrogens is 290 g/mol. The molecule has 21 heavy (non-hydrogen) atoms. The summed E-state index contributed by atoms with van der Waals surface area (Å²) in [5.41, 5.74) is 6.37. The first-order valence-corrected chi connectivity index (χ1v) is 7.29. The first-order chi connectivity index (χ1) is 9.93. The van der Waals surface area contributed by atoms with Gasteiger partial charge in [-0.15, -0.1) is 0 Å². The Labute approximate surface area is 129 Å². The van der Waals surface area contributed by atoms with E-state index in [4.69, 9.17) is 17.3 Å². The van der Waals surface area contributed by atoms with Crippen molar-refractivity contribution in [3.05, 3.63) is 48.3 Å². The minimum Gasteiger partial charge on any atom is -0.395 e. The minimum atomic E-state index is -0.998. The Bertz CT molecular complexity index is 515. The van der Waals surface area contributed by atoms with Gasteiger partial charge in [-0.3, -0.25) is 4.90 Å². The Kier molecular flexibility index (Phi) is 4.91. The molecule has 0 aromatic carbocycles. The monoisotopic (exact) mass is 311 g/mol. The van der Waals surface area contributed by atoms with Crippen molar-refractivity contribution in [3.8, 4) is 0 Å². The smallest absolute Gasteiger partial charge is 0.128 e. The summed E-state index contributed by atoms with van der Waals surface area (Å²) in [6, 6.07) is 2.01. The molecule has 1 aromatic rings. The second-order valence-electron chi connectivity index (χ2n) is 5.32. The maximum Gasteiger partial charge on any atom is 0.128 e. The zero-order valence-electron chi connectivity index (χ0n) is 12.1. The van der Waals surface area contributed by atoms with Crippen LogP contribution in [0.15, 0.2) is 42.8 Å². The predicted octanol–water partition coefficient (Wildman–Crippen LogP) is 0.527. The Balaban J connectivity index is 2.47. The van der Waals surface area contributed by atoms with Crippen molar-refractivity contribution in [2.75, 3.05) is 26.3 Å². The lowest BCUT2D eigenvalue weighted by Gasteiger charge is -2.42. The highest BCUT2D eigenvalue weighted by Crippen LogP contribution is 2.37. The highest BCUT2D eigenvalue weighted by atomic mass is 35.5. The molecule has 2 rings (SSSR count). The van der Waals surface area contributed by atoms with Crippen LogP contribution in [0.25, 0.3) is 0 Å². The SMILES string of the molecule is Cn1ccc(C2(N(CCO)CCO)C=CC(N)(Cl)C=C2)c1. The van der Waals surface area contributed by atoms with Crippen LogP contribution in [-0.2, 0) is 12.6 Å². The number of aliphatic hydroxyl groups is 2. The molecule has 0 atom stereocenters. The predicted molar refractivity (Wildman–Crippen MR) is 83.9 cm³/mol. The van der Waals surface area contributed by atoms with E-state index >= 15 is 0 Å². The van der Waals surface area contributed by atoms with Gasteiger partial charge in [0.15, 0.2) is 0 Å². The largest absolute Gasteiger partial charge is 0.395 e. The molecular formula is C15H22ClN3O2. The summed E-state index contributed by atoms with van der Waals surface area (Å²) >= 11 is 6.13. The number of nitrogens with two attached hydrogens (primary N) is 1. The van der Waals surface area contributed by atoms with Gasteiger partial charge in [-0.2, -0.15) is 0 Å². The lowest BCUT2D eigenvalue weighted by molar-refractivity contribution is 0.103. The third-order valence-electron chi connectivity index (χ3n) is 3.74. The minimum absolute atomic E-state index is 0.00487. The fraction of sp³-hybridized carbons (Fsp3) is 0.467. The first kappa shape index (κ1) is 16.3.